The maximum absolute atomic E-state index is 12.4. The molecule has 1 aliphatic rings. The molecule has 0 atom stereocenters. The van der Waals surface area contributed by atoms with Gasteiger partial charge in [-0.2, -0.15) is 0 Å². The summed E-state index contributed by atoms with van der Waals surface area (Å²) in [5.74, 6) is -0.238. The number of ether oxygens (including phenoxy) is 2. The van der Waals surface area contributed by atoms with Crippen molar-refractivity contribution in [3.8, 4) is 11.4 Å². The summed E-state index contributed by atoms with van der Waals surface area (Å²) < 4.78 is 13.2. The number of carbonyl (C=O) groups excluding carboxylic acids is 2. The van der Waals surface area contributed by atoms with Gasteiger partial charge in [-0.15, -0.1) is 0 Å². The van der Waals surface area contributed by atoms with Crippen molar-refractivity contribution in [2.24, 2.45) is 0 Å². The van der Waals surface area contributed by atoms with Crippen LogP contribution in [0.5, 0.6) is 5.75 Å². The van der Waals surface area contributed by atoms with Crippen LogP contribution in [0.3, 0.4) is 0 Å². The number of esters is 1. The smallest absolute Gasteiger partial charge is 0.342 e. The number of anilines is 1. The Morgan fingerprint density at radius 1 is 1.33 bits per heavy atom. The lowest BCUT2D eigenvalue weighted by Crippen LogP contribution is -2.33. The minimum atomic E-state index is -0.590. The third kappa shape index (κ3) is 2.64. The topological polar surface area (TPSA) is 69.6 Å². The van der Waals surface area contributed by atoms with Gasteiger partial charge in [-0.25, -0.2) is 4.79 Å². The standard InChI is InChI=1S/C18H20N2O4/c1-5-23-17(22)13-9-12(19-11(2)21)10-14-16(13)24-18(3,4)15-7-6-8-20(14)15/h6-10H,5H2,1-4H3,(H,19,21). The molecule has 126 valence electrons. The second-order valence-corrected chi connectivity index (χ2v) is 6.15. The Morgan fingerprint density at radius 3 is 2.75 bits per heavy atom. The Morgan fingerprint density at radius 2 is 2.08 bits per heavy atom. The molecule has 1 aromatic heterocycles. The summed E-state index contributed by atoms with van der Waals surface area (Å²) in [6.07, 6.45) is 1.91. The molecule has 2 aromatic rings. The third-order valence-electron chi connectivity index (χ3n) is 3.87. The summed E-state index contributed by atoms with van der Waals surface area (Å²) in [7, 11) is 0. The SMILES string of the molecule is CCOC(=O)c1cc(NC(C)=O)cc2c1OC(C)(C)c1cccn1-2. The highest BCUT2D eigenvalue weighted by atomic mass is 16.5. The van der Waals surface area contributed by atoms with Gasteiger partial charge in [0.1, 0.15) is 11.2 Å². The van der Waals surface area contributed by atoms with Gasteiger partial charge in [0.15, 0.2) is 5.75 Å². The zero-order chi connectivity index (χ0) is 17.5. The molecule has 0 radical (unpaired) electrons. The number of carbonyl (C=O) groups is 2. The fraction of sp³-hybridized carbons (Fsp3) is 0.333. The van der Waals surface area contributed by atoms with Crippen molar-refractivity contribution in [2.75, 3.05) is 11.9 Å². The predicted molar refractivity (Wildman–Crippen MR) is 89.7 cm³/mol. The van der Waals surface area contributed by atoms with E-state index in [1.54, 1.807) is 19.1 Å². The quantitative estimate of drug-likeness (QED) is 0.878. The van der Waals surface area contributed by atoms with Crippen molar-refractivity contribution in [1.82, 2.24) is 4.57 Å². The van der Waals surface area contributed by atoms with Gasteiger partial charge >= 0.3 is 5.97 Å². The first kappa shape index (κ1) is 16.1. The molecule has 0 spiro atoms. The molecule has 0 unspecified atom stereocenters. The lowest BCUT2D eigenvalue weighted by Gasteiger charge is -2.35. The number of hydrogen-bond acceptors (Lipinski definition) is 4. The number of fused-ring (bicyclic) bond motifs is 3. The van der Waals surface area contributed by atoms with Crippen LogP contribution in [-0.4, -0.2) is 23.1 Å². The van der Waals surface area contributed by atoms with Crippen molar-refractivity contribution in [3.05, 3.63) is 41.7 Å². The van der Waals surface area contributed by atoms with Crippen LogP contribution in [-0.2, 0) is 15.1 Å². The lowest BCUT2D eigenvalue weighted by atomic mass is 10.0. The van der Waals surface area contributed by atoms with Gasteiger partial charge in [0, 0.05) is 18.8 Å². The fourth-order valence-electron chi connectivity index (χ4n) is 2.92. The van der Waals surface area contributed by atoms with Gasteiger partial charge in [0.05, 0.1) is 18.0 Å². The van der Waals surface area contributed by atoms with E-state index in [0.717, 1.165) is 5.69 Å². The first-order valence-electron chi connectivity index (χ1n) is 7.83. The van der Waals surface area contributed by atoms with Crippen LogP contribution in [0.25, 0.3) is 5.69 Å². The van der Waals surface area contributed by atoms with Crippen LogP contribution < -0.4 is 10.1 Å². The summed E-state index contributed by atoms with van der Waals surface area (Å²) in [5, 5.41) is 2.72. The Hall–Kier alpha value is -2.76. The molecule has 1 aliphatic heterocycles. The summed E-state index contributed by atoms with van der Waals surface area (Å²) in [6.45, 7) is 7.31. The predicted octanol–water partition coefficient (Wildman–Crippen LogP) is 3.24. The highest BCUT2D eigenvalue weighted by Crippen LogP contribution is 2.42. The van der Waals surface area contributed by atoms with E-state index in [1.807, 2.05) is 36.7 Å². The molecule has 0 saturated heterocycles. The van der Waals surface area contributed by atoms with E-state index >= 15 is 0 Å². The van der Waals surface area contributed by atoms with Crippen LogP contribution in [0, 0.1) is 0 Å². The van der Waals surface area contributed by atoms with E-state index < -0.39 is 11.6 Å². The molecule has 1 N–H and O–H groups in total. The molecule has 24 heavy (non-hydrogen) atoms. The van der Waals surface area contributed by atoms with Crippen molar-refractivity contribution in [3.63, 3.8) is 0 Å². The molecule has 0 aliphatic carbocycles. The average Bonchev–Trinajstić information content (AvgIpc) is 2.98. The van der Waals surface area contributed by atoms with Gasteiger partial charge in [-0.05, 0) is 45.0 Å². The minimum Gasteiger partial charge on any atom is -0.478 e. The maximum Gasteiger partial charge on any atom is 0.342 e. The Balaban J connectivity index is 2.23. The first-order chi connectivity index (χ1) is 11.3. The van der Waals surface area contributed by atoms with Crippen LogP contribution in [0.2, 0.25) is 0 Å². The average molecular weight is 328 g/mol. The van der Waals surface area contributed by atoms with Crippen LogP contribution in [0.4, 0.5) is 5.69 Å². The molecule has 6 heteroatoms. The summed E-state index contributed by atoms with van der Waals surface area (Å²) >= 11 is 0. The van der Waals surface area contributed by atoms with Crippen molar-refractivity contribution in [2.45, 2.75) is 33.3 Å². The monoisotopic (exact) mass is 328 g/mol. The van der Waals surface area contributed by atoms with Gasteiger partial charge < -0.3 is 19.4 Å². The second kappa shape index (κ2) is 5.70. The van der Waals surface area contributed by atoms with Crippen molar-refractivity contribution >= 4 is 17.6 Å². The first-order valence-corrected chi connectivity index (χ1v) is 7.83. The Kier molecular flexibility index (Phi) is 3.83. The molecule has 1 amide bonds. The number of amides is 1. The van der Waals surface area contributed by atoms with E-state index in [0.29, 0.717) is 22.7 Å². The molecule has 6 nitrogen and oxygen atoms in total. The van der Waals surface area contributed by atoms with Crippen LogP contribution in [0.15, 0.2) is 30.5 Å². The van der Waals surface area contributed by atoms with Gasteiger partial charge in [-0.1, -0.05) is 0 Å². The second-order valence-electron chi connectivity index (χ2n) is 6.15. The normalized spacial score (nSPS) is 14.2. The molecule has 0 fully saturated rings. The number of aromatic nitrogens is 1. The zero-order valence-electron chi connectivity index (χ0n) is 14.2. The van der Waals surface area contributed by atoms with Gasteiger partial charge in [0.2, 0.25) is 5.91 Å². The summed E-state index contributed by atoms with van der Waals surface area (Å²) in [4.78, 5) is 23.8. The number of nitrogens with zero attached hydrogens (tertiary/aromatic N) is 1. The van der Waals surface area contributed by atoms with E-state index in [1.165, 1.54) is 6.92 Å². The largest absolute Gasteiger partial charge is 0.478 e. The van der Waals surface area contributed by atoms with Crippen molar-refractivity contribution in [1.29, 1.82) is 0 Å². The lowest BCUT2D eigenvalue weighted by molar-refractivity contribution is -0.114. The number of nitrogens with one attached hydrogen (secondary N) is 1. The molecular formula is C18H20N2O4. The number of rotatable bonds is 3. The maximum atomic E-state index is 12.4. The third-order valence-corrected chi connectivity index (χ3v) is 3.87. The number of benzene rings is 1. The highest BCUT2D eigenvalue weighted by molar-refractivity contribution is 5.98. The molecule has 0 saturated carbocycles. The van der Waals surface area contributed by atoms with E-state index in [4.69, 9.17) is 9.47 Å². The highest BCUT2D eigenvalue weighted by Gasteiger charge is 2.35. The molecular weight excluding hydrogens is 308 g/mol. The molecule has 0 bridgehead atoms. The number of hydrogen-bond donors (Lipinski definition) is 1. The molecule has 3 rings (SSSR count). The van der Waals surface area contributed by atoms with Gasteiger partial charge in [0.25, 0.3) is 0 Å². The van der Waals surface area contributed by atoms with Gasteiger partial charge in [-0.3, -0.25) is 4.79 Å². The Bertz CT molecular complexity index is 820. The van der Waals surface area contributed by atoms with E-state index in [-0.39, 0.29) is 12.5 Å². The van der Waals surface area contributed by atoms with Crippen LogP contribution in [0.1, 0.15) is 43.7 Å². The Labute approximate surface area is 140 Å². The summed E-state index contributed by atoms with van der Waals surface area (Å²) in [6, 6.07) is 7.27. The van der Waals surface area contributed by atoms with E-state index in [2.05, 4.69) is 5.32 Å². The molecule has 1 aromatic carbocycles. The van der Waals surface area contributed by atoms with Crippen molar-refractivity contribution < 1.29 is 19.1 Å². The summed E-state index contributed by atoms with van der Waals surface area (Å²) in [5.41, 5.74) is 1.89. The molecule has 2 heterocycles. The zero-order valence-corrected chi connectivity index (χ0v) is 14.2. The van der Waals surface area contributed by atoms with Crippen LogP contribution >= 0.6 is 0 Å². The van der Waals surface area contributed by atoms with E-state index in [9.17, 15) is 9.59 Å². The minimum absolute atomic E-state index is 0.213. The fourth-order valence-corrected chi connectivity index (χ4v) is 2.92.